The molecule has 0 saturated heterocycles. The van der Waals surface area contributed by atoms with Gasteiger partial charge in [0.15, 0.2) is 9.58 Å². The van der Waals surface area contributed by atoms with Crippen LogP contribution in [0.5, 0.6) is 0 Å². The Morgan fingerprint density at radius 2 is 1.76 bits per heavy atom. The lowest BCUT2D eigenvalue weighted by Gasteiger charge is -2.23. The highest BCUT2D eigenvalue weighted by Gasteiger charge is 2.35. The summed E-state index contributed by atoms with van der Waals surface area (Å²) in [5, 5.41) is 11.5. The summed E-state index contributed by atoms with van der Waals surface area (Å²) >= 11 is 17.9. The van der Waals surface area contributed by atoms with Crippen molar-refractivity contribution in [2.75, 3.05) is 5.32 Å². The molecule has 2 aromatic rings. The van der Waals surface area contributed by atoms with Crippen LogP contribution < -0.4 is 5.32 Å². The molecule has 2 rings (SSSR count). The van der Waals surface area contributed by atoms with E-state index in [1.807, 2.05) is 30.3 Å². The number of anilines is 1. The van der Waals surface area contributed by atoms with Gasteiger partial charge in [-0.3, -0.25) is 9.59 Å². The fourth-order valence-corrected chi connectivity index (χ4v) is 2.97. The van der Waals surface area contributed by atoms with Gasteiger partial charge in [0, 0.05) is 36.6 Å². The third kappa shape index (κ3) is 7.85. The topological polar surface area (TPSA) is 86.5 Å². The lowest BCUT2D eigenvalue weighted by molar-refractivity contribution is -0.729. The number of carbonyl (C=O) groups is 2. The molecule has 0 radical (unpaired) electrons. The van der Waals surface area contributed by atoms with Crippen molar-refractivity contribution < 1.29 is 19.7 Å². The first kappa shape index (κ1) is 22.9. The average Bonchev–Trinajstić information content (AvgIpc) is 2.66. The number of carbonyl (C=O) groups excluding carboxylic acids is 2. The first-order valence-corrected chi connectivity index (χ1v) is 9.67. The van der Waals surface area contributed by atoms with Crippen molar-refractivity contribution in [1.82, 2.24) is 0 Å². The van der Waals surface area contributed by atoms with E-state index >= 15 is 0 Å². The molecule has 29 heavy (non-hydrogen) atoms. The number of ketones is 1. The summed E-state index contributed by atoms with van der Waals surface area (Å²) in [5.74, 6) is -1.66. The van der Waals surface area contributed by atoms with Crippen LogP contribution in [-0.2, 0) is 9.59 Å². The molecule has 0 aliphatic carbocycles. The molecule has 2 aromatic carbocycles. The number of nitrogens with zero attached hydrogens (tertiary/aromatic N) is 1. The predicted octanol–water partition coefficient (Wildman–Crippen LogP) is 5.47. The van der Waals surface area contributed by atoms with E-state index in [1.165, 1.54) is 30.3 Å². The smallest absolute Gasteiger partial charge is 0.318 e. The Morgan fingerprint density at radius 3 is 2.38 bits per heavy atom. The van der Waals surface area contributed by atoms with Gasteiger partial charge in [-0.25, -0.2) is 5.21 Å². The van der Waals surface area contributed by atoms with Crippen molar-refractivity contribution in [2.24, 2.45) is 5.92 Å². The van der Waals surface area contributed by atoms with Crippen LogP contribution >= 0.6 is 34.8 Å². The van der Waals surface area contributed by atoms with E-state index in [0.717, 1.165) is 5.56 Å². The molecule has 9 heteroatoms. The number of benzene rings is 2. The monoisotopic (exact) mass is 455 g/mol. The number of amides is 1. The number of hydrogen-bond donors (Lipinski definition) is 2. The summed E-state index contributed by atoms with van der Waals surface area (Å²) in [4.78, 5) is 35.2. The molecule has 0 aliphatic rings. The Morgan fingerprint density at radius 1 is 1.07 bits per heavy atom. The van der Waals surface area contributed by atoms with Crippen LogP contribution in [0.1, 0.15) is 18.4 Å². The fourth-order valence-electron chi connectivity index (χ4n) is 2.51. The maximum atomic E-state index is 12.3. The van der Waals surface area contributed by atoms with E-state index in [0.29, 0.717) is 0 Å². The van der Waals surface area contributed by atoms with Gasteiger partial charge in [0.1, 0.15) is 0 Å². The standard InChI is InChI=1S/C20H17Cl3N2O4/c21-20(22,23)15(11-18(26)10-9-14-5-2-1-3-6-14)12-19(27)24-16-7-4-8-17(13-16)25(28)29/h1-10,13,15H,11-12H2,(H-,24,27,28,29)/p+1/b10-9+. The Bertz CT molecular complexity index is 911. The number of rotatable bonds is 8. The third-order valence-electron chi connectivity index (χ3n) is 3.95. The summed E-state index contributed by atoms with van der Waals surface area (Å²) in [5.41, 5.74) is 1.07. The highest BCUT2D eigenvalue weighted by molar-refractivity contribution is 6.67. The van der Waals surface area contributed by atoms with Crippen molar-refractivity contribution in [2.45, 2.75) is 16.6 Å². The van der Waals surface area contributed by atoms with Gasteiger partial charge < -0.3 is 5.32 Å². The number of alkyl halides is 3. The van der Waals surface area contributed by atoms with Crippen LogP contribution in [-0.4, -0.2) is 25.6 Å². The quantitative estimate of drug-likeness (QED) is 0.313. The molecule has 0 aliphatic heterocycles. The fraction of sp³-hybridized carbons (Fsp3) is 0.200. The zero-order valence-corrected chi connectivity index (χ0v) is 17.4. The molecule has 0 saturated carbocycles. The van der Waals surface area contributed by atoms with Crippen molar-refractivity contribution in [1.29, 1.82) is 0 Å². The van der Waals surface area contributed by atoms with Crippen molar-refractivity contribution in [3.63, 3.8) is 0 Å². The zero-order valence-electron chi connectivity index (χ0n) is 15.1. The largest absolute Gasteiger partial charge is 0.326 e. The number of halogens is 3. The SMILES string of the molecule is O=C(/C=C/c1ccccc1)CC(CC(=O)Nc1cccc([N+](=O)O)c1)C(Cl)(Cl)Cl. The summed E-state index contributed by atoms with van der Waals surface area (Å²) in [7, 11) is 0. The Hall–Kier alpha value is -2.41. The molecule has 0 fully saturated rings. The van der Waals surface area contributed by atoms with E-state index in [9.17, 15) is 14.5 Å². The normalized spacial score (nSPS) is 12.5. The van der Waals surface area contributed by atoms with Gasteiger partial charge in [0.2, 0.25) is 5.91 Å². The molecular formula is C20H18Cl3N2O4+. The maximum absolute atomic E-state index is 12.3. The zero-order chi connectivity index (χ0) is 21.4. The number of nitrogens with one attached hydrogen (secondary N) is 1. The molecule has 1 unspecified atom stereocenters. The van der Waals surface area contributed by atoms with Gasteiger partial charge in [0.25, 0.3) is 4.92 Å². The van der Waals surface area contributed by atoms with Crippen LogP contribution in [0.4, 0.5) is 11.4 Å². The first-order valence-electron chi connectivity index (χ1n) is 8.54. The van der Waals surface area contributed by atoms with Crippen LogP contribution in [0.2, 0.25) is 0 Å². The Labute approximate surface area is 182 Å². The molecular weight excluding hydrogens is 439 g/mol. The van der Waals surface area contributed by atoms with E-state index in [-0.39, 0.29) is 34.9 Å². The van der Waals surface area contributed by atoms with E-state index < -0.39 is 15.6 Å². The molecule has 0 spiro atoms. The maximum Gasteiger partial charge on any atom is 0.318 e. The van der Waals surface area contributed by atoms with Gasteiger partial charge >= 0.3 is 5.69 Å². The van der Waals surface area contributed by atoms with Crippen LogP contribution in [0.25, 0.3) is 6.08 Å². The average molecular weight is 457 g/mol. The number of hydrogen-bond acceptors (Lipinski definition) is 3. The van der Waals surface area contributed by atoms with Crippen LogP contribution in [0, 0.1) is 10.8 Å². The molecule has 1 atom stereocenters. The second-order valence-corrected chi connectivity index (χ2v) is 8.60. The molecule has 0 bridgehead atoms. The summed E-state index contributed by atoms with van der Waals surface area (Å²) in [6, 6.07) is 14.9. The van der Waals surface area contributed by atoms with Gasteiger partial charge in [-0.05, 0) is 17.7 Å². The minimum atomic E-state index is -1.83. The van der Waals surface area contributed by atoms with Crippen molar-refractivity contribution in [3.8, 4) is 0 Å². The highest BCUT2D eigenvalue weighted by Crippen LogP contribution is 2.39. The molecule has 2 N–H and O–H groups in total. The van der Waals surface area contributed by atoms with Gasteiger partial charge in [-0.1, -0.05) is 77.3 Å². The second kappa shape index (κ2) is 10.4. The van der Waals surface area contributed by atoms with Crippen molar-refractivity contribution >= 4 is 63.9 Å². The summed E-state index contributed by atoms with van der Waals surface area (Å²) < 4.78 is -1.83. The predicted molar refractivity (Wildman–Crippen MR) is 114 cm³/mol. The van der Waals surface area contributed by atoms with E-state index in [4.69, 9.17) is 40.0 Å². The summed E-state index contributed by atoms with van der Waals surface area (Å²) in [6.07, 6.45) is 2.65. The minimum Gasteiger partial charge on any atom is -0.326 e. The second-order valence-electron chi connectivity index (χ2n) is 6.23. The summed E-state index contributed by atoms with van der Waals surface area (Å²) in [6.45, 7) is 0. The van der Waals surface area contributed by atoms with Crippen molar-refractivity contribution in [3.05, 3.63) is 71.1 Å². The van der Waals surface area contributed by atoms with E-state index in [2.05, 4.69) is 5.32 Å². The lowest BCUT2D eigenvalue weighted by atomic mass is 9.99. The van der Waals surface area contributed by atoms with Gasteiger partial charge in [-0.15, -0.1) is 0 Å². The third-order valence-corrected chi connectivity index (χ3v) is 4.88. The lowest BCUT2D eigenvalue weighted by Crippen LogP contribution is -2.27. The minimum absolute atomic E-state index is 0.0537. The molecule has 0 aromatic heterocycles. The molecule has 1 amide bonds. The van der Waals surface area contributed by atoms with Gasteiger partial charge in [0.05, 0.1) is 4.91 Å². The molecule has 0 heterocycles. The Kier molecular flexibility index (Phi) is 8.20. The first-order chi connectivity index (χ1) is 13.6. The Balaban J connectivity index is 2.02. The molecule has 6 nitrogen and oxygen atoms in total. The van der Waals surface area contributed by atoms with Crippen LogP contribution in [0.3, 0.4) is 0 Å². The van der Waals surface area contributed by atoms with E-state index in [1.54, 1.807) is 6.08 Å². The highest BCUT2D eigenvalue weighted by atomic mass is 35.6. The van der Waals surface area contributed by atoms with Gasteiger partial charge in [-0.2, -0.15) is 0 Å². The molecule has 152 valence electrons. The van der Waals surface area contributed by atoms with Crippen LogP contribution in [0.15, 0.2) is 60.7 Å². The number of allylic oxidation sites excluding steroid dienone is 1.